The van der Waals surface area contributed by atoms with Gasteiger partial charge >= 0.3 is 0 Å². The molecule has 1 atom stereocenters. The van der Waals surface area contributed by atoms with Gasteiger partial charge in [-0.15, -0.1) is 0 Å². The van der Waals surface area contributed by atoms with Crippen LogP contribution in [0.15, 0.2) is 21.7 Å². The van der Waals surface area contributed by atoms with E-state index in [1.165, 1.54) is 0 Å². The Bertz CT molecular complexity index is 808. The summed E-state index contributed by atoms with van der Waals surface area (Å²) in [5, 5.41) is 4.64. The van der Waals surface area contributed by atoms with Crippen LogP contribution in [0.25, 0.3) is 0 Å². The lowest BCUT2D eigenvalue weighted by Crippen LogP contribution is -2.37. The van der Waals surface area contributed by atoms with E-state index < -0.39 is 0 Å². The topological polar surface area (TPSA) is 64.2 Å². The smallest absolute Gasteiger partial charge is 0.267 e. The monoisotopic (exact) mass is 342 g/mol. The maximum Gasteiger partial charge on any atom is 0.267 e. The van der Waals surface area contributed by atoms with Crippen molar-refractivity contribution in [3.63, 3.8) is 0 Å². The van der Waals surface area contributed by atoms with E-state index in [1.807, 2.05) is 0 Å². The van der Waals surface area contributed by atoms with Crippen LogP contribution in [0, 0.1) is 0 Å². The zero-order valence-corrected chi connectivity index (χ0v) is 15.1. The molecule has 1 aliphatic heterocycles. The number of rotatable bonds is 5. The minimum absolute atomic E-state index is 0.0387. The van der Waals surface area contributed by atoms with E-state index in [0.29, 0.717) is 18.5 Å². The Kier molecular flexibility index (Phi) is 4.46. The summed E-state index contributed by atoms with van der Waals surface area (Å²) >= 11 is 0. The third kappa shape index (κ3) is 3.27. The maximum atomic E-state index is 12.4. The van der Waals surface area contributed by atoms with Gasteiger partial charge in [-0.3, -0.25) is 9.69 Å². The van der Waals surface area contributed by atoms with Crippen molar-refractivity contribution in [2.75, 3.05) is 6.54 Å². The number of fused-ring (bicyclic) bond motifs is 1. The van der Waals surface area contributed by atoms with Gasteiger partial charge in [-0.25, -0.2) is 9.67 Å². The predicted octanol–water partition coefficient (Wildman–Crippen LogP) is 2.51. The minimum atomic E-state index is 0.0387. The zero-order valence-electron chi connectivity index (χ0n) is 15.1. The molecule has 134 valence electrons. The van der Waals surface area contributed by atoms with Crippen molar-refractivity contribution in [3.05, 3.63) is 45.5 Å². The highest BCUT2D eigenvalue weighted by molar-refractivity contribution is 5.22. The van der Waals surface area contributed by atoms with Gasteiger partial charge in [0.25, 0.3) is 5.56 Å². The summed E-state index contributed by atoms with van der Waals surface area (Å²) in [4.78, 5) is 19.2. The molecule has 4 rings (SSSR count). The van der Waals surface area contributed by atoms with E-state index >= 15 is 0 Å². The molecule has 0 aromatic carbocycles. The fourth-order valence-electron chi connectivity index (χ4n) is 4.14. The summed E-state index contributed by atoms with van der Waals surface area (Å²) in [6.07, 6.45) is 6.91. The number of aromatic nitrogens is 3. The summed E-state index contributed by atoms with van der Waals surface area (Å²) in [7, 11) is 0. The second kappa shape index (κ2) is 6.75. The molecule has 0 bridgehead atoms. The molecule has 25 heavy (non-hydrogen) atoms. The number of nitrogens with zero attached hydrogens (tertiary/aromatic N) is 4. The highest BCUT2D eigenvalue weighted by Gasteiger charge is 2.28. The molecular weight excluding hydrogens is 316 g/mol. The standard InChI is InChI=1S/C19H26N4O2/c1-13(2)19-17(20-12-25-19)11-22-8-4-6-15(22)10-23-18(24)9-14-5-3-7-16(14)21-23/h9,12-13,15H,3-8,10-11H2,1-2H3. The van der Waals surface area contributed by atoms with E-state index in [2.05, 4.69) is 28.8 Å². The molecule has 0 saturated carbocycles. The molecule has 2 aliphatic rings. The van der Waals surface area contributed by atoms with Gasteiger partial charge in [0.15, 0.2) is 6.39 Å². The van der Waals surface area contributed by atoms with Crippen molar-refractivity contribution in [1.29, 1.82) is 0 Å². The van der Waals surface area contributed by atoms with E-state index in [-0.39, 0.29) is 5.56 Å². The summed E-state index contributed by atoms with van der Waals surface area (Å²) < 4.78 is 7.23. The molecule has 1 saturated heterocycles. The Morgan fingerprint density at radius 2 is 2.20 bits per heavy atom. The van der Waals surface area contributed by atoms with Crippen LogP contribution < -0.4 is 5.56 Å². The normalized spacial score (nSPS) is 20.5. The fourth-order valence-corrected chi connectivity index (χ4v) is 4.14. The molecule has 1 fully saturated rings. The third-order valence-electron chi connectivity index (χ3n) is 5.46. The van der Waals surface area contributed by atoms with E-state index in [1.54, 1.807) is 17.1 Å². The highest BCUT2D eigenvalue weighted by Crippen LogP contribution is 2.25. The quantitative estimate of drug-likeness (QED) is 0.835. The highest BCUT2D eigenvalue weighted by atomic mass is 16.3. The van der Waals surface area contributed by atoms with Crippen LogP contribution >= 0.6 is 0 Å². The van der Waals surface area contributed by atoms with Crippen LogP contribution in [0.4, 0.5) is 0 Å². The molecule has 0 radical (unpaired) electrons. The van der Waals surface area contributed by atoms with Gasteiger partial charge in [0.2, 0.25) is 0 Å². The van der Waals surface area contributed by atoms with Crippen LogP contribution in [-0.2, 0) is 25.9 Å². The lowest BCUT2D eigenvalue weighted by atomic mass is 10.1. The van der Waals surface area contributed by atoms with Crippen molar-refractivity contribution in [2.45, 2.75) is 71.0 Å². The second-order valence-corrected chi connectivity index (χ2v) is 7.57. The summed E-state index contributed by atoms with van der Waals surface area (Å²) in [5.41, 5.74) is 3.32. The third-order valence-corrected chi connectivity index (χ3v) is 5.46. The van der Waals surface area contributed by atoms with Gasteiger partial charge in [0.05, 0.1) is 17.9 Å². The van der Waals surface area contributed by atoms with Crippen LogP contribution in [-0.4, -0.2) is 32.3 Å². The molecule has 1 aliphatic carbocycles. The summed E-state index contributed by atoms with van der Waals surface area (Å²) in [6, 6.07) is 2.13. The Morgan fingerprint density at radius 3 is 3.04 bits per heavy atom. The van der Waals surface area contributed by atoms with Crippen LogP contribution in [0.1, 0.15) is 61.7 Å². The van der Waals surface area contributed by atoms with Crippen LogP contribution in [0.5, 0.6) is 0 Å². The first-order valence-corrected chi connectivity index (χ1v) is 9.38. The van der Waals surface area contributed by atoms with Crippen molar-refractivity contribution in [2.24, 2.45) is 0 Å². The zero-order chi connectivity index (χ0) is 17.4. The lowest BCUT2D eigenvalue weighted by Gasteiger charge is -2.24. The molecule has 0 N–H and O–H groups in total. The number of oxazole rings is 1. The first kappa shape index (κ1) is 16.5. The number of hydrogen-bond acceptors (Lipinski definition) is 5. The van der Waals surface area contributed by atoms with E-state index in [0.717, 1.165) is 67.9 Å². The Balaban J connectivity index is 1.51. The number of likely N-dealkylation sites (tertiary alicyclic amines) is 1. The molecule has 1 unspecified atom stereocenters. The predicted molar refractivity (Wildman–Crippen MR) is 94.5 cm³/mol. The Morgan fingerprint density at radius 1 is 1.32 bits per heavy atom. The van der Waals surface area contributed by atoms with E-state index in [4.69, 9.17) is 4.42 Å². The molecule has 3 heterocycles. The Labute approximate surface area is 147 Å². The van der Waals surface area contributed by atoms with Gasteiger partial charge in [-0.2, -0.15) is 5.10 Å². The largest absolute Gasteiger partial charge is 0.448 e. The average Bonchev–Trinajstić information content (AvgIpc) is 3.29. The minimum Gasteiger partial charge on any atom is -0.448 e. The molecular formula is C19H26N4O2. The molecule has 6 nitrogen and oxygen atoms in total. The SMILES string of the molecule is CC(C)c1ocnc1CN1CCCC1Cn1nc2c(cc1=O)CCC2. The number of hydrogen-bond donors (Lipinski definition) is 0. The van der Waals surface area contributed by atoms with Gasteiger partial charge in [-0.05, 0) is 44.2 Å². The van der Waals surface area contributed by atoms with Crippen molar-refractivity contribution >= 4 is 0 Å². The number of aryl methyl sites for hydroxylation is 2. The first-order chi connectivity index (χ1) is 12.1. The van der Waals surface area contributed by atoms with Crippen molar-refractivity contribution in [1.82, 2.24) is 19.7 Å². The molecule has 0 spiro atoms. The molecule has 6 heteroatoms. The van der Waals surface area contributed by atoms with Gasteiger partial charge in [-0.1, -0.05) is 13.8 Å². The van der Waals surface area contributed by atoms with Gasteiger partial charge in [0.1, 0.15) is 5.76 Å². The van der Waals surface area contributed by atoms with Gasteiger partial charge < -0.3 is 4.42 Å². The van der Waals surface area contributed by atoms with Gasteiger partial charge in [0, 0.05) is 24.6 Å². The Hall–Kier alpha value is -1.95. The molecule has 2 aromatic rings. The summed E-state index contributed by atoms with van der Waals surface area (Å²) in [6.45, 7) is 6.74. The lowest BCUT2D eigenvalue weighted by molar-refractivity contribution is 0.212. The average molecular weight is 342 g/mol. The summed E-state index contributed by atoms with van der Waals surface area (Å²) in [5.74, 6) is 1.30. The van der Waals surface area contributed by atoms with Crippen LogP contribution in [0.2, 0.25) is 0 Å². The first-order valence-electron chi connectivity index (χ1n) is 9.38. The molecule has 2 aromatic heterocycles. The van der Waals surface area contributed by atoms with Crippen LogP contribution in [0.3, 0.4) is 0 Å². The van der Waals surface area contributed by atoms with E-state index in [9.17, 15) is 4.79 Å². The fraction of sp³-hybridized carbons (Fsp3) is 0.632. The van der Waals surface area contributed by atoms with Crippen molar-refractivity contribution < 1.29 is 4.42 Å². The van der Waals surface area contributed by atoms with Crippen molar-refractivity contribution in [3.8, 4) is 0 Å². The second-order valence-electron chi connectivity index (χ2n) is 7.57. The molecule has 0 amide bonds. The maximum absolute atomic E-state index is 12.4.